The van der Waals surface area contributed by atoms with Crippen LogP contribution in [-0.2, 0) is 14.3 Å². The fourth-order valence-electron chi connectivity index (χ4n) is 2.29. The first-order chi connectivity index (χ1) is 9.88. The van der Waals surface area contributed by atoms with Gasteiger partial charge in [-0.2, -0.15) is 0 Å². The summed E-state index contributed by atoms with van der Waals surface area (Å²) in [6.45, 7) is 2.93. The molecule has 1 amide bonds. The standard InChI is InChI=1S/C14H17IN2O4/c1-14(21-7-13(19)20)8-17(9-14)6-12(18)16-11-5-3-2-4-10(11)15/h2-5H,6-9H2,1H3,(H,16,18)(H,19,20). The Morgan fingerprint density at radius 1 is 1.43 bits per heavy atom. The lowest BCUT2D eigenvalue weighted by atomic mass is 9.96. The zero-order valence-corrected chi connectivity index (χ0v) is 13.8. The van der Waals surface area contributed by atoms with Crippen molar-refractivity contribution in [1.29, 1.82) is 0 Å². The lowest BCUT2D eigenvalue weighted by Crippen LogP contribution is -2.63. The number of carbonyl (C=O) groups excluding carboxylic acids is 1. The summed E-state index contributed by atoms with van der Waals surface area (Å²) in [5, 5.41) is 11.5. The van der Waals surface area contributed by atoms with E-state index in [1.165, 1.54) is 0 Å². The lowest BCUT2D eigenvalue weighted by Gasteiger charge is -2.46. The Labute approximate surface area is 136 Å². The van der Waals surface area contributed by atoms with Crippen molar-refractivity contribution < 1.29 is 19.4 Å². The van der Waals surface area contributed by atoms with Gasteiger partial charge in [0.05, 0.1) is 17.8 Å². The van der Waals surface area contributed by atoms with Crippen LogP contribution in [0.4, 0.5) is 5.69 Å². The number of nitrogens with one attached hydrogen (secondary N) is 1. The van der Waals surface area contributed by atoms with E-state index in [2.05, 4.69) is 27.9 Å². The molecule has 1 aliphatic heterocycles. The maximum Gasteiger partial charge on any atom is 0.329 e. The zero-order chi connectivity index (χ0) is 15.5. The lowest BCUT2D eigenvalue weighted by molar-refractivity contribution is -0.165. The van der Waals surface area contributed by atoms with Crippen molar-refractivity contribution in [2.24, 2.45) is 0 Å². The second kappa shape index (κ2) is 6.71. The fraction of sp³-hybridized carbons (Fsp3) is 0.429. The highest BCUT2D eigenvalue weighted by Gasteiger charge is 2.40. The van der Waals surface area contributed by atoms with Gasteiger partial charge < -0.3 is 15.2 Å². The molecule has 114 valence electrons. The van der Waals surface area contributed by atoms with E-state index in [0.717, 1.165) is 9.26 Å². The van der Waals surface area contributed by atoms with Gasteiger partial charge in [0.15, 0.2) is 0 Å². The number of carboxylic acids is 1. The van der Waals surface area contributed by atoms with Crippen LogP contribution in [0.5, 0.6) is 0 Å². The maximum absolute atomic E-state index is 12.0. The Morgan fingerprint density at radius 2 is 2.10 bits per heavy atom. The third-order valence-electron chi connectivity index (χ3n) is 3.18. The second-order valence-electron chi connectivity index (χ2n) is 5.31. The summed E-state index contributed by atoms with van der Waals surface area (Å²) in [6.07, 6.45) is 0. The Morgan fingerprint density at radius 3 is 2.71 bits per heavy atom. The minimum absolute atomic E-state index is 0.0839. The molecule has 1 heterocycles. The summed E-state index contributed by atoms with van der Waals surface area (Å²) in [6, 6.07) is 7.57. The average molecular weight is 404 g/mol. The van der Waals surface area contributed by atoms with Crippen molar-refractivity contribution in [3.8, 4) is 0 Å². The largest absolute Gasteiger partial charge is 0.480 e. The van der Waals surface area contributed by atoms with Gasteiger partial charge in [0.1, 0.15) is 6.61 Å². The number of likely N-dealkylation sites (tertiary alicyclic amines) is 1. The number of anilines is 1. The predicted octanol–water partition coefficient (Wildman–Crippen LogP) is 1.41. The summed E-state index contributed by atoms with van der Waals surface area (Å²) in [7, 11) is 0. The van der Waals surface area contributed by atoms with Crippen molar-refractivity contribution >= 4 is 40.2 Å². The molecule has 1 aliphatic rings. The third-order valence-corrected chi connectivity index (χ3v) is 4.12. The molecular formula is C14H17IN2O4. The van der Waals surface area contributed by atoms with Gasteiger partial charge in [0, 0.05) is 16.7 Å². The Kier molecular flexibility index (Phi) is 5.17. The highest BCUT2D eigenvalue weighted by molar-refractivity contribution is 14.1. The van der Waals surface area contributed by atoms with Gasteiger partial charge in [-0.1, -0.05) is 12.1 Å². The highest BCUT2D eigenvalue weighted by atomic mass is 127. The molecule has 0 radical (unpaired) electrons. The average Bonchev–Trinajstić information content (AvgIpc) is 2.37. The monoisotopic (exact) mass is 404 g/mol. The van der Waals surface area contributed by atoms with Gasteiger partial charge >= 0.3 is 5.97 Å². The van der Waals surface area contributed by atoms with Crippen molar-refractivity contribution in [3.05, 3.63) is 27.8 Å². The van der Waals surface area contributed by atoms with Crippen LogP contribution in [0.1, 0.15) is 6.92 Å². The highest BCUT2D eigenvalue weighted by Crippen LogP contribution is 2.24. The number of rotatable bonds is 6. The van der Waals surface area contributed by atoms with Gasteiger partial charge in [-0.25, -0.2) is 4.79 Å². The molecule has 0 aliphatic carbocycles. The van der Waals surface area contributed by atoms with Gasteiger partial charge in [-0.15, -0.1) is 0 Å². The Bertz CT molecular complexity index is 544. The minimum atomic E-state index is -0.980. The van der Waals surface area contributed by atoms with E-state index in [-0.39, 0.29) is 19.1 Å². The number of aliphatic carboxylic acids is 1. The number of para-hydroxylation sites is 1. The summed E-state index contributed by atoms with van der Waals surface area (Å²) >= 11 is 2.17. The zero-order valence-electron chi connectivity index (χ0n) is 11.6. The maximum atomic E-state index is 12.0. The van der Waals surface area contributed by atoms with Crippen molar-refractivity contribution in [2.75, 3.05) is 31.6 Å². The van der Waals surface area contributed by atoms with E-state index in [9.17, 15) is 9.59 Å². The van der Waals surface area contributed by atoms with E-state index in [4.69, 9.17) is 9.84 Å². The van der Waals surface area contributed by atoms with Crippen LogP contribution < -0.4 is 5.32 Å². The normalized spacial score (nSPS) is 17.0. The molecule has 0 aromatic heterocycles. The molecule has 7 heteroatoms. The molecule has 0 atom stereocenters. The number of ether oxygens (including phenoxy) is 1. The number of carboxylic acid groups (broad SMARTS) is 1. The van der Waals surface area contributed by atoms with Crippen LogP contribution in [0, 0.1) is 3.57 Å². The Hall–Kier alpha value is -1.19. The van der Waals surface area contributed by atoms with Crippen LogP contribution in [0.15, 0.2) is 24.3 Å². The molecule has 6 nitrogen and oxygen atoms in total. The van der Waals surface area contributed by atoms with Crippen LogP contribution in [0.3, 0.4) is 0 Å². The van der Waals surface area contributed by atoms with Crippen LogP contribution in [-0.4, -0.2) is 53.7 Å². The topological polar surface area (TPSA) is 78.9 Å². The first-order valence-electron chi connectivity index (χ1n) is 6.50. The van der Waals surface area contributed by atoms with Gasteiger partial charge in [-0.05, 0) is 41.6 Å². The molecule has 0 bridgehead atoms. The van der Waals surface area contributed by atoms with E-state index in [1.54, 1.807) is 0 Å². The van der Waals surface area contributed by atoms with Crippen molar-refractivity contribution in [3.63, 3.8) is 0 Å². The van der Waals surface area contributed by atoms with Crippen LogP contribution in [0.25, 0.3) is 0 Å². The van der Waals surface area contributed by atoms with Crippen molar-refractivity contribution in [2.45, 2.75) is 12.5 Å². The molecule has 21 heavy (non-hydrogen) atoms. The molecular weight excluding hydrogens is 387 g/mol. The van der Waals surface area contributed by atoms with Crippen molar-refractivity contribution in [1.82, 2.24) is 4.90 Å². The molecule has 2 rings (SSSR count). The minimum Gasteiger partial charge on any atom is -0.480 e. The number of halogens is 1. The first kappa shape index (κ1) is 16.2. The number of nitrogens with zero attached hydrogens (tertiary/aromatic N) is 1. The summed E-state index contributed by atoms with van der Waals surface area (Å²) in [5.41, 5.74) is 0.327. The van der Waals surface area contributed by atoms with Gasteiger partial charge in [0.25, 0.3) is 0 Å². The fourth-order valence-corrected chi connectivity index (χ4v) is 2.82. The molecule has 2 N–H and O–H groups in total. The van der Waals surface area contributed by atoms with E-state index < -0.39 is 11.6 Å². The van der Waals surface area contributed by atoms with E-state index in [0.29, 0.717) is 13.1 Å². The number of amides is 1. The van der Waals surface area contributed by atoms with E-state index >= 15 is 0 Å². The third kappa shape index (κ3) is 4.65. The predicted molar refractivity (Wildman–Crippen MR) is 86.2 cm³/mol. The second-order valence-corrected chi connectivity index (χ2v) is 6.47. The molecule has 1 saturated heterocycles. The summed E-state index contributed by atoms with van der Waals surface area (Å²) in [5.74, 6) is -1.06. The Balaban J connectivity index is 1.76. The van der Waals surface area contributed by atoms with Gasteiger partial charge in [0.2, 0.25) is 5.91 Å². The van der Waals surface area contributed by atoms with Crippen LogP contribution in [0.2, 0.25) is 0 Å². The number of hydrogen-bond acceptors (Lipinski definition) is 4. The molecule has 1 fully saturated rings. The SMILES string of the molecule is CC1(OCC(=O)O)CN(CC(=O)Nc2ccccc2I)C1. The molecule has 0 spiro atoms. The number of benzene rings is 1. The van der Waals surface area contributed by atoms with Gasteiger partial charge in [-0.3, -0.25) is 9.69 Å². The molecule has 0 saturated carbocycles. The molecule has 0 unspecified atom stereocenters. The first-order valence-corrected chi connectivity index (χ1v) is 7.58. The molecule has 1 aromatic carbocycles. The smallest absolute Gasteiger partial charge is 0.329 e. The quantitative estimate of drug-likeness (QED) is 0.702. The molecule has 1 aromatic rings. The number of carbonyl (C=O) groups is 2. The number of hydrogen-bond donors (Lipinski definition) is 2. The van der Waals surface area contributed by atoms with E-state index in [1.807, 2.05) is 36.1 Å². The van der Waals surface area contributed by atoms with Crippen LogP contribution >= 0.6 is 22.6 Å². The summed E-state index contributed by atoms with van der Waals surface area (Å²) < 4.78 is 6.29. The summed E-state index contributed by atoms with van der Waals surface area (Å²) in [4.78, 5) is 24.4.